The molecule has 1 unspecified atom stereocenters. The first-order chi connectivity index (χ1) is 10.4. The van der Waals surface area contributed by atoms with Gasteiger partial charge in [-0.15, -0.1) is 0 Å². The number of hydrogen-bond acceptors (Lipinski definition) is 5. The minimum absolute atomic E-state index is 0.0964. The first kappa shape index (κ1) is 19.5. The molecular formula is C16H31N3O4. The highest BCUT2D eigenvalue weighted by molar-refractivity contribution is 5.70. The Hall–Kier alpha value is -1.50. The molecule has 1 saturated heterocycles. The standard InChI is InChI=1S/C16H31N3O4/c1-15(2,3)22-13(20)18-9-7-12(11-18)19(10-8-17)14(21)23-16(4,5)6/h12H,7-11,17H2,1-6H3. The van der Waals surface area contributed by atoms with Gasteiger partial charge in [-0.1, -0.05) is 0 Å². The molecule has 134 valence electrons. The van der Waals surface area contributed by atoms with Gasteiger partial charge in [0.1, 0.15) is 11.2 Å². The fraction of sp³-hybridized carbons (Fsp3) is 0.875. The third-order valence-electron chi connectivity index (χ3n) is 3.25. The van der Waals surface area contributed by atoms with Gasteiger partial charge in [0, 0.05) is 26.2 Å². The Morgan fingerprint density at radius 2 is 1.70 bits per heavy atom. The van der Waals surface area contributed by atoms with Crippen molar-refractivity contribution in [2.45, 2.75) is 65.2 Å². The average Bonchev–Trinajstić information content (AvgIpc) is 2.80. The van der Waals surface area contributed by atoms with Crippen LogP contribution in [-0.4, -0.2) is 65.4 Å². The van der Waals surface area contributed by atoms with E-state index in [0.29, 0.717) is 32.6 Å². The van der Waals surface area contributed by atoms with Crippen molar-refractivity contribution in [3.05, 3.63) is 0 Å². The third-order valence-corrected chi connectivity index (χ3v) is 3.25. The second kappa shape index (κ2) is 7.38. The van der Waals surface area contributed by atoms with E-state index in [1.165, 1.54) is 0 Å². The summed E-state index contributed by atoms with van der Waals surface area (Å²) in [5, 5.41) is 0. The normalized spacial score (nSPS) is 18.7. The molecule has 2 N–H and O–H groups in total. The molecule has 7 nitrogen and oxygen atoms in total. The lowest BCUT2D eigenvalue weighted by molar-refractivity contribution is 0.0137. The molecule has 1 fully saturated rings. The molecule has 0 aromatic rings. The van der Waals surface area contributed by atoms with Crippen LogP contribution in [0.3, 0.4) is 0 Å². The van der Waals surface area contributed by atoms with Crippen LogP contribution in [-0.2, 0) is 9.47 Å². The first-order valence-corrected chi connectivity index (χ1v) is 8.10. The molecule has 1 rings (SSSR count). The van der Waals surface area contributed by atoms with Crippen molar-refractivity contribution in [1.29, 1.82) is 0 Å². The first-order valence-electron chi connectivity index (χ1n) is 8.10. The minimum atomic E-state index is -0.562. The number of carbonyl (C=O) groups excluding carboxylic acids is 2. The van der Waals surface area contributed by atoms with Crippen LogP contribution in [0.1, 0.15) is 48.0 Å². The lowest BCUT2D eigenvalue weighted by Crippen LogP contribution is -2.47. The second-order valence-electron chi connectivity index (χ2n) is 7.83. The number of nitrogens with zero attached hydrogens (tertiary/aromatic N) is 2. The van der Waals surface area contributed by atoms with E-state index in [9.17, 15) is 9.59 Å². The van der Waals surface area contributed by atoms with E-state index >= 15 is 0 Å². The Labute approximate surface area is 139 Å². The number of nitrogens with two attached hydrogens (primary N) is 1. The SMILES string of the molecule is CC(C)(C)OC(=O)N1CCC(N(CCN)C(=O)OC(C)(C)C)C1. The zero-order valence-electron chi connectivity index (χ0n) is 15.2. The Morgan fingerprint density at radius 3 is 2.17 bits per heavy atom. The molecule has 0 radical (unpaired) electrons. The maximum atomic E-state index is 12.4. The van der Waals surface area contributed by atoms with Crippen molar-refractivity contribution in [2.24, 2.45) is 5.73 Å². The second-order valence-corrected chi connectivity index (χ2v) is 7.83. The van der Waals surface area contributed by atoms with Gasteiger partial charge in [-0.05, 0) is 48.0 Å². The summed E-state index contributed by atoms with van der Waals surface area (Å²) in [5.41, 5.74) is 4.53. The summed E-state index contributed by atoms with van der Waals surface area (Å²) >= 11 is 0. The lowest BCUT2D eigenvalue weighted by atomic mass is 10.2. The molecule has 0 aromatic heterocycles. The Kier molecular flexibility index (Phi) is 6.27. The van der Waals surface area contributed by atoms with E-state index in [-0.39, 0.29) is 18.2 Å². The Bertz CT molecular complexity index is 426. The predicted molar refractivity (Wildman–Crippen MR) is 88.2 cm³/mol. The molecule has 0 aliphatic carbocycles. The number of rotatable bonds is 3. The zero-order chi connectivity index (χ0) is 17.8. The van der Waals surface area contributed by atoms with Crippen molar-refractivity contribution in [3.63, 3.8) is 0 Å². The van der Waals surface area contributed by atoms with Crippen LogP contribution in [0.15, 0.2) is 0 Å². The topological polar surface area (TPSA) is 85.1 Å². The number of ether oxygens (including phenoxy) is 2. The number of likely N-dealkylation sites (tertiary alicyclic amines) is 1. The summed E-state index contributed by atoms with van der Waals surface area (Å²) in [4.78, 5) is 27.7. The molecule has 0 aromatic carbocycles. The molecule has 2 amide bonds. The average molecular weight is 329 g/mol. The van der Waals surface area contributed by atoms with E-state index < -0.39 is 11.2 Å². The number of hydrogen-bond donors (Lipinski definition) is 1. The molecule has 7 heteroatoms. The van der Waals surface area contributed by atoms with E-state index in [0.717, 1.165) is 0 Å². The molecule has 1 atom stereocenters. The molecule has 1 aliphatic heterocycles. The molecule has 0 saturated carbocycles. The maximum absolute atomic E-state index is 12.4. The summed E-state index contributed by atoms with van der Waals surface area (Å²) < 4.78 is 10.8. The smallest absolute Gasteiger partial charge is 0.410 e. The summed E-state index contributed by atoms with van der Waals surface area (Å²) in [5.74, 6) is 0. The summed E-state index contributed by atoms with van der Waals surface area (Å²) in [6, 6.07) is -0.0964. The van der Waals surface area contributed by atoms with Crippen molar-refractivity contribution >= 4 is 12.2 Å². The van der Waals surface area contributed by atoms with Crippen LogP contribution in [0.2, 0.25) is 0 Å². The third kappa shape index (κ3) is 6.64. The van der Waals surface area contributed by atoms with Gasteiger partial charge in [-0.25, -0.2) is 9.59 Å². The van der Waals surface area contributed by atoms with Crippen molar-refractivity contribution in [2.75, 3.05) is 26.2 Å². The monoisotopic (exact) mass is 329 g/mol. The van der Waals surface area contributed by atoms with Crippen molar-refractivity contribution in [3.8, 4) is 0 Å². The molecule has 0 spiro atoms. The highest BCUT2D eigenvalue weighted by Crippen LogP contribution is 2.21. The van der Waals surface area contributed by atoms with Crippen LogP contribution in [0.4, 0.5) is 9.59 Å². The Morgan fingerprint density at radius 1 is 1.13 bits per heavy atom. The van der Waals surface area contributed by atoms with Crippen molar-refractivity contribution in [1.82, 2.24) is 9.80 Å². The molecular weight excluding hydrogens is 298 g/mol. The summed E-state index contributed by atoms with van der Waals surface area (Å²) in [6.45, 7) is 12.7. The van der Waals surface area contributed by atoms with Gasteiger partial charge in [-0.3, -0.25) is 0 Å². The van der Waals surface area contributed by atoms with E-state index in [1.807, 2.05) is 41.5 Å². The number of amides is 2. The van der Waals surface area contributed by atoms with Crippen molar-refractivity contribution < 1.29 is 19.1 Å². The van der Waals surface area contributed by atoms with E-state index in [1.54, 1.807) is 9.80 Å². The molecule has 0 bridgehead atoms. The van der Waals surface area contributed by atoms with Gasteiger partial charge in [-0.2, -0.15) is 0 Å². The molecule has 1 heterocycles. The maximum Gasteiger partial charge on any atom is 0.410 e. The van der Waals surface area contributed by atoms with Gasteiger partial charge in [0.25, 0.3) is 0 Å². The highest BCUT2D eigenvalue weighted by atomic mass is 16.6. The van der Waals surface area contributed by atoms with Crippen LogP contribution in [0, 0.1) is 0 Å². The van der Waals surface area contributed by atoms with E-state index in [2.05, 4.69) is 0 Å². The van der Waals surface area contributed by atoms with Gasteiger partial charge >= 0.3 is 12.2 Å². The quantitative estimate of drug-likeness (QED) is 0.858. The van der Waals surface area contributed by atoms with Crippen LogP contribution < -0.4 is 5.73 Å². The summed E-state index contributed by atoms with van der Waals surface area (Å²) in [7, 11) is 0. The van der Waals surface area contributed by atoms with Crippen LogP contribution >= 0.6 is 0 Å². The summed E-state index contributed by atoms with van der Waals surface area (Å²) in [6.07, 6.45) is -0.0470. The fourth-order valence-corrected chi connectivity index (χ4v) is 2.37. The van der Waals surface area contributed by atoms with Crippen LogP contribution in [0.5, 0.6) is 0 Å². The Balaban J connectivity index is 2.69. The number of carbonyl (C=O) groups is 2. The minimum Gasteiger partial charge on any atom is -0.444 e. The van der Waals surface area contributed by atoms with Gasteiger partial charge in [0.05, 0.1) is 6.04 Å². The lowest BCUT2D eigenvalue weighted by Gasteiger charge is -2.31. The highest BCUT2D eigenvalue weighted by Gasteiger charge is 2.36. The molecule has 23 heavy (non-hydrogen) atoms. The zero-order valence-corrected chi connectivity index (χ0v) is 15.2. The van der Waals surface area contributed by atoms with Gasteiger partial charge < -0.3 is 25.0 Å². The van der Waals surface area contributed by atoms with E-state index in [4.69, 9.17) is 15.2 Å². The fourth-order valence-electron chi connectivity index (χ4n) is 2.37. The largest absolute Gasteiger partial charge is 0.444 e. The van der Waals surface area contributed by atoms with Crippen LogP contribution in [0.25, 0.3) is 0 Å². The van der Waals surface area contributed by atoms with Gasteiger partial charge in [0.15, 0.2) is 0 Å². The predicted octanol–water partition coefficient (Wildman–Crippen LogP) is 2.19. The van der Waals surface area contributed by atoms with Gasteiger partial charge in [0.2, 0.25) is 0 Å². The molecule has 1 aliphatic rings.